The van der Waals surface area contributed by atoms with E-state index in [1.807, 2.05) is 11.3 Å². The highest BCUT2D eigenvalue weighted by Gasteiger charge is 1.96. The molecule has 2 nitrogen and oxygen atoms in total. The van der Waals surface area contributed by atoms with E-state index in [0.717, 1.165) is 19.5 Å². The molecule has 0 bridgehead atoms. The number of hydrogen-bond donors (Lipinski definition) is 1. The maximum Gasteiger partial charge on any atom is 0.0359 e. The van der Waals surface area contributed by atoms with Crippen LogP contribution in [-0.2, 0) is 20.0 Å². The van der Waals surface area contributed by atoms with Gasteiger partial charge in [-0.25, -0.2) is 0 Å². The van der Waals surface area contributed by atoms with Crippen LogP contribution in [-0.4, -0.2) is 11.1 Å². The molecule has 0 aliphatic rings. The lowest BCUT2D eigenvalue weighted by molar-refractivity contribution is 0.655. The Hall–Kier alpha value is -1.06. The zero-order valence-corrected chi connectivity index (χ0v) is 9.76. The van der Waals surface area contributed by atoms with Crippen molar-refractivity contribution in [3.63, 3.8) is 0 Å². The van der Waals surface area contributed by atoms with Gasteiger partial charge in [-0.3, -0.25) is 0 Å². The molecule has 0 spiro atoms. The van der Waals surface area contributed by atoms with Gasteiger partial charge in [-0.05, 0) is 30.0 Å². The van der Waals surface area contributed by atoms with Crippen molar-refractivity contribution in [3.05, 3.63) is 46.4 Å². The van der Waals surface area contributed by atoms with Crippen LogP contribution >= 0.6 is 11.3 Å². The van der Waals surface area contributed by atoms with Crippen LogP contribution in [0.3, 0.4) is 0 Å². The van der Waals surface area contributed by atoms with Crippen LogP contribution < -0.4 is 5.32 Å². The Morgan fingerprint density at radius 2 is 2.27 bits per heavy atom. The Morgan fingerprint density at radius 1 is 1.33 bits per heavy atom. The van der Waals surface area contributed by atoms with Gasteiger partial charge >= 0.3 is 0 Å². The van der Waals surface area contributed by atoms with Gasteiger partial charge in [0, 0.05) is 36.9 Å². The van der Waals surface area contributed by atoms with Gasteiger partial charge in [0.1, 0.15) is 0 Å². The van der Waals surface area contributed by atoms with E-state index in [1.54, 1.807) is 0 Å². The summed E-state index contributed by atoms with van der Waals surface area (Å²) in [6.07, 6.45) is 3.21. The van der Waals surface area contributed by atoms with E-state index in [9.17, 15) is 0 Å². The van der Waals surface area contributed by atoms with Crippen molar-refractivity contribution in [2.75, 3.05) is 6.54 Å². The molecule has 1 N–H and O–H groups in total. The van der Waals surface area contributed by atoms with Crippen LogP contribution in [0.1, 0.15) is 10.6 Å². The number of thiophene rings is 1. The second kappa shape index (κ2) is 5.14. The normalized spacial score (nSPS) is 10.7. The summed E-state index contributed by atoms with van der Waals surface area (Å²) in [6.45, 7) is 2.00. The van der Waals surface area contributed by atoms with Gasteiger partial charge in [0.05, 0.1) is 0 Å². The highest BCUT2D eigenvalue weighted by atomic mass is 32.1. The van der Waals surface area contributed by atoms with Crippen molar-refractivity contribution in [1.29, 1.82) is 0 Å². The predicted molar refractivity (Wildman–Crippen MR) is 65.1 cm³/mol. The summed E-state index contributed by atoms with van der Waals surface area (Å²) >= 11 is 1.83. The van der Waals surface area contributed by atoms with E-state index in [2.05, 4.69) is 52.8 Å². The fourth-order valence-corrected chi connectivity index (χ4v) is 2.27. The van der Waals surface area contributed by atoms with Crippen molar-refractivity contribution >= 4 is 11.3 Å². The number of aryl methyl sites for hydroxylation is 1. The highest BCUT2D eigenvalue weighted by Crippen LogP contribution is 2.08. The minimum Gasteiger partial charge on any atom is -0.353 e. The van der Waals surface area contributed by atoms with Gasteiger partial charge < -0.3 is 9.88 Å². The molecule has 0 amide bonds. The van der Waals surface area contributed by atoms with E-state index in [0.29, 0.717) is 0 Å². The molecule has 0 aliphatic heterocycles. The number of nitrogens with one attached hydrogen (secondary N) is 1. The molecular weight excluding hydrogens is 204 g/mol. The summed E-state index contributed by atoms with van der Waals surface area (Å²) < 4.78 is 2.15. The number of aromatic nitrogens is 1. The molecule has 80 valence electrons. The Morgan fingerprint density at radius 3 is 2.93 bits per heavy atom. The molecule has 2 aromatic heterocycles. The lowest BCUT2D eigenvalue weighted by Crippen LogP contribution is -2.17. The third-order valence-corrected chi connectivity index (χ3v) is 3.42. The summed E-state index contributed by atoms with van der Waals surface area (Å²) in [4.78, 5) is 1.45. The van der Waals surface area contributed by atoms with Gasteiger partial charge in [-0.2, -0.15) is 0 Å². The highest BCUT2D eigenvalue weighted by molar-refractivity contribution is 7.09. The first-order valence-electron chi connectivity index (χ1n) is 5.19. The second-order valence-corrected chi connectivity index (χ2v) is 4.65. The van der Waals surface area contributed by atoms with Crippen LogP contribution in [0.2, 0.25) is 0 Å². The van der Waals surface area contributed by atoms with E-state index < -0.39 is 0 Å². The molecule has 3 heteroatoms. The van der Waals surface area contributed by atoms with E-state index >= 15 is 0 Å². The summed E-state index contributed by atoms with van der Waals surface area (Å²) in [5, 5.41) is 5.58. The molecule has 2 rings (SSSR count). The van der Waals surface area contributed by atoms with Gasteiger partial charge in [0.25, 0.3) is 0 Å². The van der Waals surface area contributed by atoms with Crippen molar-refractivity contribution in [1.82, 2.24) is 9.88 Å². The standard InChI is InChI=1S/C12H16N2S/c1-14-8-2-4-11(14)10-13-7-6-12-5-3-9-15-12/h2-5,8-9,13H,6-7,10H2,1H3. The molecule has 15 heavy (non-hydrogen) atoms. The molecular formula is C12H16N2S. The first kappa shape index (κ1) is 10.5. The van der Waals surface area contributed by atoms with Gasteiger partial charge in [0.2, 0.25) is 0 Å². The molecule has 0 unspecified atom stereocenters. The van der Waals surface area contributed by atoms with Crippen molar-refractivity contribution < 1.29 is 0 Å². The van der Waals surface area contributed by atoms with Crippen LogP contribution in [0.25, 0.3) is 0 Å². The van der Waals surface area contributed by atoms with Crippen LogP contribution in [0.4, 0.5) is 0 Å². The SMILES string of the molecule is Cn1cccc1CNCCc1cccs1. The number of hydrogen-bond acceptors (Lipinski definition) is 2. The zero-order valence-electron chi connectivity index (χ0n) is 8.94. The second-order valence-electron chi connectivity index (χ2n) is 3.62. The lowest BCUT2D eigenvalue weighted by atomic mass is 10.3. The molecule has 0 aromatic carbocycles. The molecule has 0 atom stereocenters. The van der Waals surface area contributed by atoms with Crippen LogP contribution in [0.15, 0.2) is 35.8 Å². The Balaban J connectivity index is 1.70. The van der Waals surface area contributed by atoms with E-state index in [-0.39, 0.29) is 0 Å². The molecule has 0 fully saturated rings. The lowest BCUT2D eigenvalue weighted by Gasteiger charge is -2.05. The maximum absolute atomic E-state index is 3.45. The first-order valence-corrected chi connectivity index (χ1v) is 6.07. The molecule has 0 aliphatic carbocycles. The minimum absolute atomic E-state index is 0.953. The largest absolute Gasteiger partial charge is 0.353 e. The quantitative estimate of drug-likeness (QED) is 0.766. The minimum atomic E-state index is 0.953. The van der Waals surface area contributed by atoms with Crippen LogP contribution in [0.5, 0.6) is 0 Å². The van der Waals surface area contributed by atoms with Crippen molar-refractivity contribution in [2.24, 2.45) is 7.05 Å². The van der Waals surface area contributed by atoms with Gasteiger partial charge in [-0.15, -0.1) is 11.3 Å². The molecule has 0 radical (unpaired) electrons. The fraction of sp³-hybridized carbons (Fsp3) is 0.333. The average Bonchev–Trinajstić information content (AvgIpc) is 2.85. The first-order chi connectivity index (χ1) is 7.36. The average molecular weight is 220 g/mol. The summed E-state index contributed by atoms with van der Waals surface area (Å²) in [6, 6.07) is 8.53. The van der Waals surface area contributed by atoms with Crippen molar-refractivity contribution in [3.8, 4) is 0 Å². The third-order valence-electron chi connectivity index (χ3n) is 2.49. The molecule has 2 aromatic rings. The van der Waals surface area contributed by atoms with E-state index in [1.165, 1.54) is 10.6 Å². The maximum atomic E-state index is 3.45. The summed E-state index contributed by atoms with van der Waals surface area (Å²) in [7, 11) is 2.08. The summed E-state index contributed by atoms with van der Waals surface area (Å²) in [5.74, 6) is 0. The monoisotopic (exact) mass is 220 g/mol. The molecule has 0 saturated heterocycles. The Kier molecular flexibility index (Phi) is 3.59. The van der Waals surface area contributed by atoms with Crippen LogP contribution in [0, 0.1) is 0 Å². The number of rotatable bonds is 5. The third kappa shape index (κ3) is 2.94. The molecule has 2 heterocycles. The Labute approximate surface area is 94.6 Å². The molecule has 0 saturated carbocycles. The number of nitrogens with zero attached hydrogens (tertiary/aromatic N) is 1. The smallest absolute Gasteiger partial charge is 0.0359 e. The van der Waals surface area contributed by atoms with Gasteiger partial charge in [0.15, 0.2) is 0 Å². The zero-order chi connectivity index (χ0) is 10.5. The predicted octanol–water partition coefficient (Wildman–Crippen LogP) is 2.42. The topological polar surface area (TPSA) is 17.0 Å². The van der Waals surface area contributed by atoms with E-state index in [4.69, 9.17) is 0 Å². The van der Waals surface area contributed by atoms with Crippen molar-refractivity contribution in [2.45, 2.75) is 13.0 Å². The summed E-state index contributed by atoms with van der Waals surface area (Å²) in [5.41, 5.74) is 1.33. The Bertz CT molecular complexity index is 389. The van der Waals surface area contributed by atoms with Gasteiger partial charge in [-0.1, -0.05) is 6.07 Å². The fourth-order valence-electron chi connectivity index (χ4n) is 1.56.